The molecule has 6 heteroatoms. The van der Waals surface area contributed by atoms with Crippen LogP contribution in [0.4, 0.5) is 0 Å². The van der Waals surface area contributed by atoms with Crippen LogP contribution in [-0.4, -0.2) is 57.7 Å². The number of rotatable bonds is 2. The Hall–Kier alpha value is -0.240. The van der Waals surface area contributed by atoms with Crippen molar-refractivity contribution in [1.82, 2.24) is 0 Å². The van der Waals surface area contributed by atoms with Gasteiger partial charge in [-0.2, -0.15) is 0 Å². The van der Waals surface area contributed by atoms with Gasteiger partial charge in [0.25, 0.3) is 0 Å². The first-order valence-corrected chi connectivity index (χ1v) is 3.59. The van der Waals surface area contributed by atoms with Crippen LogP contribution in [0.5, 0.6) is 0 Å². The van der Waals surface area contributed by atoms with Gasteiger partial charge >= 0.3 is 0 Å². The molecule has 72 valence electrons. The summed E-state index contributed by atoms with van der Waals surface area (Å²) in [5.74, 6) is 0. The molecular weight excluding hydrogens is 166 g/mol. The first-order valence-electron chi connectivity index (χ1n) is 4.09. The first kappa shape index (κ1) is 8.36. The summed E-state index contributed by atoms with van der Waals surface area (Å²) in [5.41, 5.74) is 1.86. The van der Waals surface area contributed by atoms with Crippen molar-refractivity contribution in [3.05, 3.63) is 0 Å². The maximum Gasteiger partial charge on any atom is 0.173 e. The summed E-state index contributed by atoms with van der Waals surface area (Å²) in [4.78, 5) is 0. The first-order chi connectivity index (χ1) is 6.11. The van der Waals surface area contributed by atoms with Gasteiger partial charge in [-0.3, -0.25) is 0 Å². The van der Waals surface area contributed by atoms with Gasteiger partial charge in [0.15, 0.2) is 6.29 Å². The van der Waals surface area contributed by atoms with Crippen LogP contribution in [0.15, 0.2) is 0 Å². The van der Waals surface area contributed by atoms with Gasteiger partial charge in [-0.15, -0.1) is 0 Å². The molecule has 0 aliphatic carbocycles. The molecule has 0 amide bonds. The maximum atomic E-state index is 9.33. The molecule has 1 saturated heterocycles. The van der Waals surface area contributed by atoms with Crippen LogP contribution in [0.2, 0.25) is 1.41 Å². The Kier molecular flexibility index (Phi) is 2.54. The maximum absolute atomic E-state index is 9.33. The molecule has 1 heterocycles. The van der Waals surface area contributed by atoms with E-state index < -0.39 is 37.3 Å². The molecule has 0 aromatic carbocycles. The minimum Gasteiger partial charge on any atom is -0.394 e. The zero-order valence-electron chi connectivity index (χ0n) is 7.29. The molecule has 6 N–H and O–H groups in total. The predicted molar refractivity (Wildman–Crippen MR) is 38.0 cm³/mol. The molecule has 1 rings (SSSR count). The third kappa shape index (κ3) is 1.58. The summed E-state index contributed by atoms with van der Waals surface area (Å²) in [6.45, 7) is -0.500. The van der Waals surface area contributed by atoms with Crippen molar-refractivity contribution in [2.45, 2.75) is 30.6 Å². The Morgan fingerprint density at radius 3 is 2.50 bits per heavy atom. The lowest BCUT2D eigenvalue weighted by atomic mass is 9.98. The van der Waals surface area contributed by atoms with E-state index in [9.17, 15) is 15.3 Å². The molecule has 0 radical (unpaired) electrons. The lowest BCUT2D eigenvalue weighted by molar-refractivity contribution is -0.248. The Balaban J connectivity index is 2.66. The molecule has 6 nitrogen and oxygen atoms in total. The van der Waals surface area contributed by atoms with E-state index in [1.54, 1.807) is 0 Å². The molecule has 0 saturated carbocycles. The van der Waals surface area contributed by atoms with Gasteiger partial charge in [0.2, 0.25) is 0 Å². The van der Waals surface area contributed by atoms with E-state index in [1.807, 2.05) is 5.73 Å². The molecule has 12 heavy (non-hydrogen) atoms. The summed E-state index contributed by atoms with van der Waals surface area (Å²) >= 11 is 0. The van der Waals surface area contributed by atoms with Crippen molar-refractivity contribution in [1.29, 1.82) is 0 Å². The molecule has 1 aliphatic heterocycles. The van der Waals surface area contributed by atoms with Gasteiger partial charge in [0, 0.05) is 0 Å². The molecule has 1 aliphatic rings. The zero-order chi connectivity index (χ0) is 10.0. The van der Waals surface area contributed by atoms with E-state index in [2.05, 4.69) is 0 Å². The zero-order valence-corrected chi connectivity index (χ0v) is 6.29. The van der Waals surface area contributed by atoms with Crippen LogP contribution in [0.3, 0.4) is 0 Å². The second kappa shape index (κ2) is 3.65. The van der Waals surface area contributed by atoms with Crippen molar-refractivity contribution >= 4 is 0 Å². The van der Waals surface area contributed by atoms with E-state index in [0.29, 0.717) is 0 Å². The van der Waals surface area contributed by atoms with E-state index in [-0.39, 0.29) is 0 Å². The minimum absolute atomic E-state index is 0.500. The highest BCUT2D eigenvalue weighted by Crippen LogP contribution is 2.17. The number of nitrogens with two attached hydrogens (primary N) is 1. The summed E-state index contributed by atoms with van der Waals surface area (Å²) in [7, 11) is 0. The molecule has 0 bridgehead atoms. The van der Waals surface area contributed by atoms with Gasteiger partial charge in [0.05, 0.1) is 12.6 Å². The quantitative estimate of drug-likeness (QED) is 0.305. The molecule has 0 aromatic heterocycles. The van der Waals surface area contributed by atoms with Gasteiger partial charge < -0.3 is 30.9 Å². The summed E-state index contributed by atoms with van der Waals surface area (Å²) < 4.78 is 11.5. The number of aliphatic hydroxyl groups is 4. The van der Waals surface area contributed by atoms with Crippen LogP contribution < -0.4 is 5.73 Å². The van der Waals surface area contributed by atoms with Gasteiger partial charge in [-0.05, 0) is 0 Å². The molecule has 0 spiro atoms. The topological polar surface area (TPSA) is 116 Å². The van der Waals surface area contributed by atoms with Crippen molar-refractivity contribution in [2.75, 3.05) is 6.61 Å². The molecule has 1 unspecified atom stereocenters. The van der Waals surface area contributed by atoms with E-state index in [0.717, 1.165) is 0 Å². The second-order valence-electron chi connectivity index (χ2n) is 2.75. The monoisotopic (exact) mass is 180 g/mol. The third-order valence-electron chi connectivity index (χ3n) is 1.90. The highest BCUT2D eigenvalue weighted by Gasteiger charge is 2.41. The summed E-state index contributed by atoms with van der Waals surface area (Å²) in [6, 6.07) is -1.07. The fourth-order valence-electron chi connectivity index (χ4n) is 1.10. The average Bonchev–Trinajstić information content (AvgIpc) is 2.12. The van der Waals surface area contributed by atoms with E-state index >= 15 is 0 Å². The van der Waals surface area contributed by atoms with Gasteiger partial charge in [-0.25, -0.2) is 0 Å². The Labute approximate surface area is 70.7 Å². The number of ether oxygens (including phenoxy) is 1. The fraction of sp³-hybridized carbons (Fsp3) is 1.00. The minimum atomic E-state index is -1.41. The lowest BCUT2D eigenvalue weighted by Crippen LogP contribution is -2.61. The van der Waals surface area contributed by atoms with Crippen molar-refractivity contribution < 1.29 is 26.6 Å². The normalized spacial score (nSPS) is 50.3. The van der Waals surface area contributed by atoms with E-state index in [1.165, 1.54) is 0 Å². The van der Waals surface area contributed by atoms with Gasteiger partial charge in [0.1, 0.15) is 19.7 Å². The van der Waals surface area contributed by atoms with Crippen LogP contribution in [0, 0.1) is 0 Å². The Morgan fingerprint density at radius 1 is 1.33 bits per heavy atom. The van der Waals surface area contributed by atoms with Crippen LogP contribution in [0.1, 0.15) is 0 Å². The smallest absolute Gasteiger partial charge is 0.173 e. The average molecular weight is 180 g/mol. The predicted octanol–water partition coefficient (Wildman–Crippen LogP) is -3.26. The second-order valence-corrected chi connectivity index (χ2v) is 2.75. The molecule has 5 atom stereocenters. The van der Waals surface area contributed by atoms with Crippen LogP contribution in [0.25, 0.3) is 0 Å². The number of hydrogen-bond acceptors (Lipinski definition) is 6. The lowest BCUT2D eigenvalue weighted by Gasteiger charge is -2.38. The Bertz CT molecular complexity index is 171. The van der Waals surface area contributed by atoms with Crippen molar-refractivity contribution in [2.24, 2.45) is 5.73 Å². The van der Waals surface area contributed by atoms with Gasteiger partial charge in [-0.1, -0.05) is 0 Å². The van der Waals surface area contributed by atoms with Crippen LogP contribution >= 0.6 is 0 Å². The highest BCUT2D eigenvalue weighted by atomic mass is 16.6. The van der Waals surface area contributed by atoms with Crippen molar-refractivity contribution in [3.8, 4) is 0 Å². The molecule has 1 fully saturated rings. The number of hydrogen-bond donors (Lipinski definition) is 5. The number of aliphatic hydroxyl groups excluding tert-OH is 4. The van der Waals surface area contributed by atoms with E-state index in [4.69, 9.17) is 11.3 Å². The molecule has 0 aromatic rings. The third-order valence-corrected chi connectivity index (χ3v) is 1.90. The Morgan fingerprint density at radius 2 is 2.00 bits per heavy atom. The fourth-order valence-corrected chi connectivity index (χ4v) is 1.10. The SMILES string of the molecule is [2H]N[C@H]1C(O)O[C@H](CO)[C@@H](O)[C@@H]1O. The highest BCUT2D eigenvalue weighted by molar-refractivity contribution is 4.90. The summed E-state index contributed by atoms with van der Waals surface area (Å²) in [6.07, 6.45) is -5.07. The summed E-state index contributed by atoms with van der Waals surface area (Å²) in [5, 5.41) is 36.5. The molecular formula is C6H13NO5. The van der Waals surface area contributed by atoms with Crippen molar-refractivity contribution in [3.63, 3.8) is 0 Å². The largest absolute Gasteiger partial charge is 0.394 e. The standard InChI is InChI=1S/C6H13NO5/c7-3-5(10)4(9)2(1-8)12-6(3)11/h2-6,8-11H,1,7H2/t2-,3-,4-,5-,6?/m1/s1/i/hD. The van der Waals surface area contributed by atoms with Crippen LogP contribution in [-0.2, 0) is 4.74 Å².